The van der Waals surface area contributed by atoms with Gasteiger partial charge in [-0.3, -0.25) is 14.9 Å². The molecule has 0 bridgehead atoms. The number of nitro benzene ring substituents is 1. The van der Waals surface area contributed by atoms with Gasteiger partial charge in [-0.1, -0.05) is 12.1 Å². The van der Waals surface area contributed by atoms with Crippen LogP contribution in [-0.2, 0) is 4.79 Å². The van der Waals surface area contributed by atoms with E-state index in [0.717, 1.165) is 0 Å². The third-order valence-corrected chi connectivity index (χ3v) is 2.97. The minimum absolute atomic E-state index is 0.0953. The van der Waals surface area contributed by atoms with Crippen LogP contribution in [0.3, 0.4) is 0 Å². The quantitative estimate of drug-likeness (QED) is 0.448. The van der Waals surface area contributed by atoms with Crippen LogP contribution in [0.4, 0.5) is 5.69 Å². The Morgan fingerprint density at radius 1 is 1.20 bits per heavy atom. The number of para-hydroxylation sites is 1. The molecule has 2 rings (SSSR count). The van der Waals surface area contributed by atoms with E-state index < -0.39 is 23.4 Å². The highest BCUT2D eigenvalue weighted by atomic mass is 16.6. The first-order valence-corrected chi connectivity index (χ1v) is 6.99. The van der Waals surface area contributed by atoms with Gasteiger partial charge >= 0.3 is 5.97 Å². The minimum atomic E-state index is -1.08. The fourth-order valence-electron chi connectivity index (χ4n) is 1.85. The maximum Gasteiger partial charge on any atom is 0.341 e. The Labute approximate surface area is 141 Å². The number of carboxylic acid groups (broad SMARTS) is 1. The highest BCUT2D eigenvalue weighted by Gasteiger charge is 2.18. The van der Waals surface area contributed by atoms with Crippen molar-refractivity contribution in [1.82, 2.24) is 5.43 Å². The van der Waals surface area contributed by atoms with E-state index >= 15 is 0 Å². The summed E-state index contributed by atoms with van der Waals surface area (Å²) in [6, 6.07) is 11.9. The number of carbonyl (C=O) groups excluding carboxylic acids is 1. The van der Waals surface area contributed by atoms with Crippen LogP contribution in [0.15, 0.2) is 53.6 Å². The summed E-state index contributed by atoms with van der Waals surface area (Å²) in [4.78, 5) is 32.6. The predicted octanol–water partition coefficient (Wildman–Crippen LogP) is 1.82. The van der Waals surface area contributed by atoms with E-state index in [2.05, 4.69) is 10.5 Å². The van der Waals surface area contributed by atoms with Gasteiger partial charge in [-0.05, 0) is 35.9 Å². The summed E-state index contributed by atoms with van der Waals surface area (Å²) in [5.74, 6) is -1.41. The SMILES string of the molecule is O=C(O)COc1ccc(/C=N\NC(=O)c2ccccc2[N+](=O)[O-])cc1. The molecule has 2 N–H and O–H groups in total. The van der Waals surface area contributed by atoms with Crippen molar-refractivity contribution >= 4 is 23.8 Å². The predicted molar refractivity (Wildman–Crippen MR) is 87.7 cm³/mol. The average molecular weight is 343 g/mol. The molecule has 0 aliphatic heterocycles. The zero-order valence-corrected chi connectivity index (χ0v) is 12.8. The summed E-state index contributed by atoms with van der Waals surface area (Å²) in [7, 11) is 0. The van der Waals surface area contributed by atoms with Crippen molar-refractivity contribution < 1.29 is 24.4 Å². The zero-order chi connectivity index (χ0) is 18.2. The van der Waals surface area contributed by atoms with Gasteiger partial charge in [-0.25, -0.2) is 10.2 Å². The Morgan fingerprint density at radius 3 is 2.52 bits per heavy atom. The Hall–Kier alpha value is -3.75. The molecule has 0 spiro atoms. The van der Waals surface area contributed by atoms with Gasteiger partial charge in [0, 0.05) is 6.07 Å². The highest BCUT2D eigenvalue weighted by Crippen LogP contribution is 2.17. The summed E-state index contributed by atoms with van der Waals surface area (Å²) in [5.41, 5.74) is 2.43. The van der Waals surface area contributed by atoms with Gasteiger partial charge in [0.1, 0.15) is 11.3 Å². The summed E-state index contributed by atoms with van der Waals surface area (Å²) in [5, 5.41) is 23.1. The van der Waals surface area contributed by atoms with E-state index in [4.69, 9.17) is 9.84 Å². The number of nitrogens with one attached hydrogen (secondary N) is 1. The van der Waals surface area contributed by atoms with Crippen LogP contribution in [0.2, 0.25) is 0 Å². The van der Waals surface area contributed by atoms with Crippen molar-refractivity contribution in [3.63, 3.8) is 0 Å². The Bertz CT molecular complexity index is 817. The molecule has 0 heterocycles. The van der Waals surface area contributed by atoms with Gasteiger partial charge in [0.25, 0.3) is 11.6 Å². The lowest BCUT2D eigenvalue weighted by atomic mass is 10.2. The number of amides is 1. The number of carboxylic acids is 1. The molecule has 0 radical (unpaired) electrons. The molecular weight excluding hydrogens is 330 g/mol. The van der Waals surface area contributed by atoms with Gasteiger partial charge in [-0.15, -0.1) is 0 Å². The highest BCUT2D eigenvalue weighted by molar-refractivity contribution is 5.98. The minimum Gasteiger partial charge on any atom is -0.482 e. The van der Waals surface area contributed by atoms with E-state index in [-0.39, 0.29) is 11.3 Å². The van der Waals surface area contributed by atoms with Gasteiger partial charge in [-0.2, -0.15) is 5.10 Å². The number of hydrogen-bond acceptors (Lipinski definition) is 6. The maximum atomic E-state index is 12.0. The van der Waals surface area contributed by atoms with Crippen molar-refractivity contribution in [2.45, 2.75) is 0 Å². The molecule has 25 heavy (non-hydrogen) atoms. The lowest BCUT2D eigenvalue weighted by Gasteiger charge is -2.03. The third kappa shape index (κ3) is 5.13. The molecule has 0 atom stereocenters. The monoisotopic (exact) mass is 343 g/mol. The number of benzene rings is 2. The van der Waals surface area contributed by atoms with Gasteiger partial charge in [0.05, 0.1) is 11.1 Å². The van der Waals surface area contributed by atoms with Crippen LogP contribution in [0, 0.1) is 10.1 Å². The van der Waals surface area contributed by atoms with Gasteiger partial charge in [0.2, 0.25) is 0 Å². The summed E-state index contributed by atoms with van der Waals surface area (Å²) >= 11 is 0. The third-order valence-electron chi connectivity index (χ3n) is 2.97. The van der Waals surface area contributed by atoms with E-state index in [1.165, 1.54) is 30.5 Å². The Balaban J connectivity index is 1.98. The van der Waals surface area contributed by atoms with Crippen LogP contribution in [0.25, 0.3) is 0 Å². The summed E-state index contributed by atoms with van der Waals surface area (Å²) < 4.78 is 4.98. The number of nitro groups is 1. The second-order valence-electron chi connectivity index (χ2n) is 4.72. The number of carbonyl (C=O) groups is 2. The smallest absolute Gasteiger partial charge is 0.341 e. The number of hydrazone groups is 1. The Kier molecular flexibility index (Phi) is 5.77. The molecule has 0 aliphatic carbocycles. The molecule has 0 unspecified atom stereocenters. The van der Waals surface area contributed by atoms with Gasteiger partial charge < -0.3 is 9.84 Å². The molecule has 0 saturated carbocycles. The van der Waals surface area contributed by atoms with E-state index in [1.807, 2.05) is 0 Å². The molecule has 2 aromatic rings. The summed E-state index contributed by atoms with van der Waals surface area (Å²) in [6.07, 6.45) is 1.34. The molecule has 0 aromatic heterocycles. The summed E-state index contributed by atoms with van der Waals surface area (Å²) in [6.45, 7) is -0.445. The second kappa shape index (κ2) is 8.20. The number of rotatable bonds is 7. The maximum absolute atomic E-state index is 12.0. The second-order valence-corrected chi connectivity index (χ2v) is 4.72. The number of hydrogen-bond donors (Lipinski definition) is 2. The molecule has 0 fully saturated rings. The van der Waals surface area contributed by atoms with Crippen molar-refractivity contribution in [2.24, 2.45) is 5.10 Å². The molecule has 0 saturated heterocycles. The van der Waals surface area contributed by atoms with Crippen LogP contribution < -0.4 is 10.2 Å². The van der Waals surface area contributed by atoms with Crippen LogP contribution in [0.5, 0.6) is 5.75 Å². The lowest BCUT2D eigenvalue weighted by Crippen LogP contribution is -2.18. The number of aliphatic carboxylic acids is 1. The fourth-order valence-corrected chi connectivity index (χ4v) is 1.85. The molecule has 9 nitrogen and oxygen atoms in total. The topological polar surface area (TPSA) is 131 Å². The number of ether oxygens (including phenoxy) is 1. The molecule has 9 heteroatoms. The van der Waals surface area contributed by atoms with Crippen molar-refractivity contribution in [2.75, 3.05) is 6.61 Å². The van der Waals surface area contributed by atoms with Crippen molar-refractivity contribution in [3.8, 4) is 5.75 Å². The molecule has 128 valence electrons. The molecular formula is C16H13N3O6. The Morgan fingerprint density at radius 2 is 1.88 bits per heavy atom. The molecule has 2 aromatic carbocycles. The lowest BCUT2D eigenvalue weighted by molar-refractivity contribution is -0.385. The van der Waals surface area contributed by atoms with Crippen molar-refractivity contribution in [1.29, 1.82) is 0 Å². The van der Waals surface area contributed by atoms with Crippen LogP contribution >= 0.6 is 0 Å². The van der Waals surface area contributed by atoms with Crippen LogP contribution in [0.1, 0.15) is 15.9 Å². The zero-order valence-electron chi connectivity index (χ0n) is 12.8. The first kappa shape index (κ1) is 17.6. The van der Waals surface area contributed by atoms with E-state index in [1.54, 1.807) is 24.3 Å². The average Bonchev–Trinajstić information content (AvgIpc) is 2.60. The molecule has 0 aliphatic rings. The van der Waals surface area contributed by atoms with Gasteiger partial charge in [0.15, 0.2) is 6.61 Å². The van der Waals surface area contributed by atoms with E-state index in [0.29, 0.717) is 11.3 Å². The first-order chi connectivity index (χ1) is 12.0. The normalized spacial score (nSPS) is 10.4. The standard InChI is InChI=1S/C16H13N3O6/c20-15(21)10-25-12-7-5-11(6-8-12)9-17-18-16(22)13-3-1-2-4-14(13)19(23)24/h1-9H,10H2,(H,18,22)(H,20,21)/b17-9-. The van der Waals surface area contributed by atoms with Crippen molar-refractivity contribution in [3.05, 3.63) is 69.8 Å². The first-order valence-electron chi connectivity index (χ1n) is 6.99. The number of nitrogens with zero attached hydrogens (tertiary/aromatic N) is 2. The largest absolute Gasteiger partial charge is 0.482 e. The molecule has 1 amide bonds. The van der Waals surface area contributed by atoms with Crippen LogP contribution in [-0.4, -0.2) is 34.7 Å². The fraction of sp³-hybridized carbons (Fsp3) is 0.0625. The van der Waals surface area contributed by atoms with E-state index in [9.17, 15) is 19.7 Å².